The fourth-order valence-electron chi connectivity index (χ4n) is 4.97. The number of ether oxygens (including phenoxy) is 2. The van der Waals surface area contributed by atoms with Crippen molar-refractivity contribution in [2.45, 2.75) is 13.5 Å². The summed E-state index contributed by atoms with van der Waals surface area (Å²) in [5.41, 5.74) is 2.39. The molecule has 6 rings (SSSR count). The van der Waals surface area contributed by atoms with Gasteiger partial charge in [-0.25, -0.2) is 9.07 Å². The van der Waals surface area contributed by atoms with Crippen LogP contribution in [0.25, 0.3) is 16.6 Å². The fourth-order valence-corrected chi connectivity index (χ4v) is 4.97. The SMILES string of the molecule is COc1ccc2c(Oc3ccc(NC(=O)c4c(C)n(Cc5ccccc5)n(-c5ccccc5)c4=O)cc3F)ccnc2c1. The van der Waals surface area contributed by atoms with Crippen LogP contribution < -0.4 is 20.3 Å². The van der Waals surface area contributed by atoms with Crippen molar-refractivity contribution in [2.75, 3.05) is 12.4 Å². The third-order valence-electron chi connectivity index (χ3n) is 7.12. The lowest BCUT2D eigenvalue weighted by Gasteiger charge is -2.14. The van der Waals surface area contributed by atoms with E-state index in [0.717, 1.165) is 11.6 Å². The van der Waals surface area contributed by atoms with Crippen LogP contribution in [0.5, 0.6) is 17.2 Å². The van der Waals surface area contributed by atoms with Crippen molar-refractivity contribution in [1.29, 1.82) is 0 Å². The molecule has 214 valence electrons. The number of aromatic nitrogens is 3. The van der Waals surface area contributed by atoms with Crippen molar-refractivity contribution in [3.8, 4) is 22.9 Å². The zero-order valence-electron chi connectivity index (χ0n) is 23.5. The van der Waals surface area contributed by atoms with Crippen molar-refractivity contribution in [2.24, 2.45) is 0 Å². The van der Waals surface area contributed by atoms with Crippen LogP contribution in [0.1, 0.15) is 21.6 Å². The molecule has 2 heterocycles. The predicted octanol–water partition coefficient (Wildman–Crippen LogP) is 6.74. The Morgan fingerprint density at radius 3 is 2.37 bits per heavy atom. The number of rotatable bonds is 8. The van der Waals surface area contributed by atoms with Crippen LogP contribution >= 0.6 is 0 Å². The predicted molar refractivity (Wildman–Crippen MR) is 163 cm³/mol. The number of carbonyl (C=O) groups is 1. The normalized spacial score (nSPS) is 11.0. The van der Waals surface area contributed by atoms with Crippen LogP contribution in [-0.2, 0) is 6.54 Å². The zero-order chi connectivity index (χ0) is 29.9. The summed E-state index contributed by atoms with van der Waals surface area (Å²) in [6.07, 6.45) is 1.57. The lowest BCUT2D eigenvalue weighted by atomic mass is 10.2. The summed E-state index contributed by atoms with van der Waals surface area (Å²) in [6, 6.07) is 29.9. The average Bonchev–Trinajstić information content (AvgIpc) is 3.27. The Bertz CT molecular complexity index is 2000. The molecule has 0 unspecified atom stereocenters. The van der Waals surface area contributed by atoms with Gasteiger partial charge in [0.05, 0.1) is 30.6 Å². The molecule has 0 bridgehead atoms. The second-order valence-corrected chi connectivity index (χ2v) is 9.85. The summed E-state index contributed by atoms with van der Waals surface area (Å²) in [6.45, 7) is 2.10. The maximum atomic E-state index is 15.2. The number of hydrogen-bond acceptors (Lipinski definition) is 5. The van der Waals surface area contributed by atoms with Crippen molar-refractivity contribution in [3.63, 3.8) is 0 Å². The first kappa shape index (κ1) is 27.5. The number of anilines is 1. The van der Waals surface area contributed by atoms with E-state index in [1.807, 2.05) is 48.5 Å². The number of fused-ring (bicyclic) bond motifs is 1. The molecule has 43 heavy (non-hydrogen) atoms. The van der Waals surface area contributed by atoms with Crippen molar-refractivity contribution < 1.29 is 18.7 Å². The number of benzene rings is 4. The van der Waals surface area contributed by atoms with E-state index in [0.29, 0.717) is 40.3 Å². The van der Waals surface area contributed by atoms with Crippen LogP contribution in [0.3, 0.4) is 0 Å². The van der Waals surface area contributed by atoms with Gasteiger partial charge in [-0.2, -0.15) is 0 Å². The number of methoxy groups -OCH3 is 1. The molecule has 9 heteroatoms. The largest absolute Gasteiger partial charge is 0.497 e. The minimum atomic E-state index is -0.684. The molecule has 0 saturated carbocycles. The average molecular weight is 575 g/mol. The van der Waals surface area contributed by atoms with Gasteiger partial charge in [0.25, 0.3) is 11.5 Å². The van der Waals surface area contributed by atoms with Crippen LogP contribution in [0, 0.1) is 12.7 Å². The minimum absolute atomic E-state index is 0.0285. The number of nitrogens with zero attached hydrogens (tertiary/aromatic N) is 3. The topological polar surface area (TPSA) is 87.4 Å². The van der Waals surface area contributed by atoms with Gasteiger partial charge in [-0.3, -0.25) is 19.3 Å². The highest BCUT2D eigenvalue weighted by Gasteiger charge is 2.24. The molecular formula is C34H27FN4O4. The van der Waals surface area contributed by atoms with E-state index in [1.165, 1.54) is 16.8 Å². The number of amides is 1. The lowest BCUT2D eigenvalue weighted by Crippen LogP contribution is -2.26. The van der Waals surface area contributed by atoms with E-state index in [-0.39, 0.29) is 17.0 Å². The quantitative estimate of drug-likeness (QED) is 0.218. The second kappa shape index (κ2) is 11.7. The van der Waals surface area contributed by atoms with Crippen LogP contribution in [0.15, 0.2) is 114 Å². The van der Waals surface area contributed by atoms with Gasteiger partial charge in [-0.15, -0.1) is 0 Å². The molecular weight excluding hydrogens is 547 g/mol. The third kappa shape index (κ3) is 5.48. The summed E-state index contributed by atoms with van der Waals surface area (Å²) < 4.78 is 29.6. The molecule has 0 aliphatic heterocycles. The van der Waals surface area contributed by atoms with Gasteiger partial charge in [-0.05, 0) is 55.0 Å². The van der Waals surface area contributed by atoms with Crippen molar-refractivity contribution in [3.05, 3.63) is 142 Å². The summed E-state index contributed by atoms with van der Waals surface area (Å²) >= 11 is 0. The highest BCUT2D eigenvalue weighted by Crippen LogP contribution is 2.33. The van der Waals surface area contributed by atoms with Gasteiger partial charge in [0.15, 0.2) is 11.6 Å². The minimum Gasteiger partial charge on any atom is -0.497 e. The molecule has 8 nitrogen and oxygen atoms in total. The molecule has 0 aliphatic rings. The van der Waals surface area contributed by atoms with Gasteiger partial charge in [0.2, 0.25) is 0 Å². The Balaban J connectivity index is 1.29. The van der Waals surface area contributed by atoms with E-state index in [2.05, 4.69) is 10.3 Å². The summed E-state index contributed by atoms with van der Waals surface area (Å²) in [4.78, 5) is 31.5. The van der Waals surface area contributed by atoms with Gasteiger partial charge >= 0.3 is 0 Å². The molecule has 6 aromatic rings. The van der Waals surface area contributed by atoms with E-state index >= 15 is 4.39 Å². The number of para-hydroxylation sites is 1. The molecule has 4 aromatic carbocycles. The fraction of sp³-hybridized carbons (Fsp3) is 0.0882. The summed E-state index contributed by atoms with van der Waals surface area (Å²) in [5.74, 6) is -0.291. The first-order valence-corrected chi connectivity index (χ1v) is 13.6. The Kier molecular flexibility index (Phi) is 7.44. The highest BCUT2D eigenvalue weighted by molar-refractivity contribution is 6.05. The third-order valence-corrected chi connectivity index (χ3v) is 7.12. The molecule has 1 N–H and O–H groups in total. The first-order chi connectivity index (χ1) is 20.9. The van der Waals surface area contributed by atoms with Crippen molar-refractivity contribution >= 4 is 22.5 Å². The number of pyridine rings is 1. The number of carbonyl (C=O) groups excluding carboxylic acids is 1. The Morgan fingerprint density at radius 1 is 0.907 bits per heavy atom. The Morgan fingerprint density at radius 2 is 1.65 bits per heavy atom. The molecule has 0 fully saturated rings. The highest BCUT2D eigenvalue weighted by atomic mass is 19.1. The number of nitrogens with one attached hydrogen (secondary N) is 1. The second-order valence-electron chi connectivity index (χ2n) is 9.85. The maximum absolute atomic E-state index is 15.2. The summed E-state index contributed by atoms with van der Waals surface area (Å²) in [7, 11) is 1.57. The molecule has 0 spiro atoms. The van der Waals surface area contributed by atoms with Gasteiger partial charge in [0.1, 0.15) is 17.1 Å². The number of hydrogen-bond donors (Lipinski definition) is 1. The van der Waals surface area contributed by atoms with Gasteiger partial charge in [0, 0.05) is 29.4 Å². The molecule has 0 atom stereocenters. The standard InChI is InChI=1S/C34H27FN4O4/c1-22-32(34(41)39(25-11-7-4-8-12-25)38(22)21-23-9-5-3-6-10-23)33(40)37-24-13-16-31(28(35)19-24)43-30-17-18-36-29-20-26(42-2)14-15-27(29)30/h3-20H,21H2,1-2H3,(H,37,40). The van der Waals surface area contributed by atoms with Gasteiger partial charge < -0.3 is 14.8 Å². The van der Waals surface area contributed by atoms with Crippen LogP contribution in [-0.4, -0.2) is 27.4 Å². The maximum Gasteiger partial charge on any atom is 0.284 e. The van der Waals surface area contributed by atoms with Crippen LogP contribution in [0.2, 0.25) is 0 Å². The zero-order valence-corrected chi connectivity index (χ0v) is 23.5. The Hall–Kier alpha value is -5.70. The molecule has 2 aromatic heterocycles. The Labute approximate surface area is 246 Å². The van der Waals surface area contributed by atoms with E-state index in [1.54, 1.807) is 61.3 Å². The first-order valence-electron chi connectivity index (χ1n) is 13.6. The van der Waals surface area contributed by atoms with Crippen LogP contribution in [0.4, 0.5) is 10.1 Å². The smallest absolute Gasteiger partial charge is 0.284 e. The van der Waals surface area contributed by atoms with Crippen molar-refractivity contribution in [1.82, 2.24) is 14.3 Å². The monoisotopic (exact) mass is 574 g/mol. The summed E-state index contributed by atoms with van der Waals surface area (Å²) in [5, 5.41) is 3.37. The molecule has 0 saturated heterocycles. The lowest BCUT2D eigenvalue weighted by molar-refractivity contribution is 0.102. The van der Waals surface area contributed by atoms with E-state index < -0.39 is 17.3 Å². The molecule has 1 amide bonds. The number of halogens is 1. The molecule has 0 aliphatic carbocycles. The molecule has 0 radical (unpaired) electrons. The van der Waals surface area contributed by atoms with Gasteiger partial charge in [-0.1, -0.05) is 48.5 Å². The van der Waals surface area contributed by atoms with E-state index in [9.17, 15) is 9.59 Å². The van der Waals surface area contributed by atoms with E-state index in [4.69, 9.17) is 9.47 Å².